The van der Waals surface area contributed by atoms with Crippen molar-refractivity contribution in [3.8, 4) is 11.5 Å². The second kappa shape index (κ2) is 10.1. The average molecular weight is 676 g/mol. The number of carbonyl (C=O) groups is 3. The van der Waals surface area contributed by atoms with E-state index in [0.717, 1.165) is 0 Å². The van der Waals surface area contributed by atoms with Gasteiger partial charge in [0.25, 0.3) is 11.8 Å². The van der Waals surface area contributed by atoms with Crippen LogP contribution in [0.3, 0.4) is 0 Å². The lowest BCUT2D eigenvalue weighted by atomic mass is 9.59. The molecule has 5 atom stereocenters. The van der Waals surface area contributed by atoms with Gasteiger partial charge in [-0.1, -0.05) is 4.28 Å². The number of rotatable bonds is 8. The number of ether oxygens (including phenoxy) is 2. The largest absolute Gasteiger partial charge is 0.590 e. The molecular formula is C22H14F6N2O12S2. The highest BCUT2D eigenvalue weighted by atomic mass is 32.2. The third-order valence-corrected chi connectivity index (χ3v) is 9.30. The quantitative estimate of drug-likeness (QED) is 0.172. The number of halogens is 6. The standard InChI is InChI=1S/C22H14F6N2O12S2/c23-21(24,25)39-10-1-5-12(6-2-10)43(35,36)41-29-18(31)15-14-9-30(34,20(33)16(14)17(15)19(29)32)42-44(37,38)13-7-3-11(4-8-13)40-22(26,27)28/h1-8,14-17H,9H2. The Balaban J connectivity index is 1.28. The van der Waals surface area contributed by atoms with Crippen molar-refractivity contribution in [1.82, 2.24) is 5.06 Å². The molecule has 2 aromatic carbocycles. The van der Waals surface area contributed by atoms with E-state index in [1.165, 1.54) is 0 Å². The minimum absolute atomic E-state index is 0.169. The highest BCUT2D eigenvalue weighted by molar-refractivity contribution is 7.87. The van der Waals surface area contributed by atoms with Gasteiger partial charge in [0.05, 0.1) is 27.5 Å². The SMILES string of the molecule is O=C1C2C3C[N+]([O-])(OS(=O)(=O)c4ccc(OC(F)(F)F)cc4)C(=O)C3C2C(=O)N1OS(=O)(=O)c1ccc(OC(F)(F)F)cc1. The maximum absolute atomic E-state index is 13.2. The van der Waals surface area contributed by atoms with Crippen molar-refractivity contribution in [2.24, 2.45) is 23.7 Å². The number of benzene rings is 2. The van der Waals surface area contributed by atoms with E-state index >= 15 is 0 Å². The summed E-state index contributed by atoms with van der Waals surface area (Å²) in [5.41, 5.74) is 0. The maximum atomic E-state index is 13.2. The molecule has 1 aliphatic carbocycles. The van der Waals surface area contributed by atoms with Gasteiger partial charge in [-0.15, -0.1) is 40.5 Å². The van der Waals surface area contributed by atoms with Gasteiger partial charge in [0.1, 0.15) is 18.0 Å². The van der Waals surface area contributed by atoms with Gasteiger partial charge in [0, 0.05) is 5.92 Å². The van der Waals surface area contributed by atoms with Crippen LogP contribution in [0.1, 0.15) is 0 Å². The molecule has 1 saturated carbocycles. The molecule has 3 fully saturated rings. The van der Waals surface area contributed by atoms with E-state index in [1.807, 2.05) is 0 Å². The number of imide groups is 1. The summed E-state index contributed by atoms with van der Waals surface area (Å²) in [5, 5.41) is 13.0. The number of quaternary nitrogens is 1. The summed E-state index contributed by atoms with van der Waals surface area (Å²) < 4.78 is 141. The smallest absolute Gasteiger partial charge is 0.573 e. The molecule has 0 aromatic heterocycles. The van der Waals surface area contributed by atoms with Gasteiger partial charge in [0.2, 0.25) is 0 Å². The topological polar surface area (TPSA) is 183 Å². The van der Waals surface area contributed by atoms with Crippen LogP contribution >= 0.6 is 0 Å². The Labute approximate surface area is 241 Å². The number of alkyl halides is 6. The number of hydrogen-bond donors (Lipinski definition) is 0. The Morgan fingerprint density at radius 2 is 1.14 bits per heavy atom. The van der Waals surface area contributed by atoms with Crippen molar-refractivity contribution in [3.05, 3.63) is 53.7 Å². The molecule has 3 aliphatic rings. The molecule has 2 aromatic rings. The molecular weight excluding hydrogens is 662 g/mol. The van der Waals surface area contributed by atoms with E-state index in [2.05, 4.69) is 18.0 Å². The number of hydroxylamine groups is 6. The van der Waals surface area contributed by atoms with Crippen LogP contribution in [0.25, 0.3) is 0 Å². The number of fused-ring (bicyclic) bond motifs is 4. The molecule has 2 aliphatic heterocycles. The summed E-state index contributed by atoms with van der Waals surface area (Å²) in [5.74, 6) is -11.8. The van der Waals surface area contributed by atoms with Crippen molar-refractivity contribution in [2.75, 3.05) is 6.54 Å². The molecule has 0 spiro atoms. The van der Waals surface area contributed by atoms with Crippen LogP contribution in [-0.4, -0.2) is 63.7 Å². The zero-order valence-corrected chi connectivity index (χ0v) is 22.6. The van der Waals surface area contributed by atoms with Crippen LogP contribution in [0.4, 0.5) is 26.3 Å². The molecule has 44 heavy (non-hydrogen) atoms. The van der Waals surface area contributed by atoms with E-state index in [0.29, 0.717) is 48.5 Å². The number of amides is 3. The monoisotopic (exact) mass is 676 g/mol. The minimum Gasteiger partial charge on any atom is -0.590 e. The first kappa shape index (κ1) is 31.6. The average Bonchev–Trinajstić information content (AvgIpc) is 3.19. The van der Waals surface area contributed by atoms with Crippen LogP contribution in [-0.2, 0) is 43.2 Å². The van der Waals surface area contributed by atoms with Gasteiger partial charge in [-0.3, -0.25) is 9.59 Å². The first-order chi connectivity index (χ1) is 20.1. The molecule has 5 unspecified atom stereocenters. The normalized spacial score (nSPS) is 27.2. The summed E-state index contributed by atoms with van der Waals surface area (Å²) in [6.45, 7) is -1.01. The first-order valence-electron chi connectivity index (χ1n) is 11.8. The van der Waals surface area contributed by atoms with Crippen molar-refractivity contribution in [2.45, 2.75) is 22.5 Å². The van der Waals surface area contributed by atoms with Gasteiger partial charge in [-0.25, -0.2) is 4.79 Å². The summed E-state index contributed by atoms with van der Waals surface area (Å²) in [6, 6.07) is 4.91. The Bertz CT molecular complexity index is 1750. The fourth-order valence-corrected chi connectivity index (χ4v) is 7.02. The molecule has 14 nitrogen and oxygen atoms in total. The van der Waals surface area contributed by atoms with Crippen molar-refractivity contribution < 1.29 is 80.4 Å². The predicted octanol–water partition coefficient (Wildman–Crippen LogP) is 2.13. The van der Waals surface area contributed by atoms with Crippen LogP contribution in [0, 0.1) is 28.9 Å². The predicted molar refractivity (Wildman–Crippen MR) is 122 cm³/mol. The van der Waals surface area contributed by atoms with Crippen LogP contribution in [0.2, 0.25) is 0 Å². The second-order valence-electron chi connectivity index (χ2n) is 9.50. The van der Waals surface area contributed by atoms with Gasteiger partial charge >= 0.3 is 38.9 Å². The summed E-state index contributed by atoms with van der Waals surface area (Å²) in [7, 11) is -10.1. The van der Waals surface area contributed by atoms with Crippen LogP contribution in [0.15, 0.2) is 58.3 Å². The van der Waals surface area contributed by atoms with E-state index in [1.54, 1.807) is 0 Å². The fourth-order valence-electron chi connectivity index (χ4n) is 5.12. The van der Waals surface area contributed by atoms with Crippen LogP contribution in [0.5, 0.6) is 11.5 Å². The third-order valence-electron chi connectivity index (χ3n) is 6.82. The Hall–Kier alpha value is -3.83. The molecule has 22 heteroatoms. The van der Waals surface area contributed by atoms with Crippen molar-refractivity contribution in [1.29, 1.82) is 0 Å². The van der Waals surface area contributed by atoms with Gasteiger partial charge in [-0.2, -0.15) is 16.8 Å². The Kier molecular flexibility index (Phi) is 7.25. The highest BCUT2D eigenvalue weighted by Crippen LogP contribution is 2.58. The molecule has 238 valence electrons. The molecule has 0 radical (unpaired) electrons. The Morgan fingerprint density at radius 1 is 0.705 bits per heavy atom. The number of carbonyl (C=O) groups excluding carboxylic acids is 3. The summed E-state index contributed by atoms with van der Waals surface area (Å²) in [6.07, 6.45) is -10.2. The zero-order chi connectivity index (χ0) is 32.6. The summed E-state index contributed by atoms with van der Waals surface area (Å²) in [4.78, 5) is 34.6. The molecule has 2 saturated heterocycles. The van der Waals surface area contributed by atoms with E-state index in [4.69, 9.17) is 0 Å². The van der Waals surface area contributed by atoms with Crippen molar-refractivity contribution >= 4 is 38.0 Å². The number of hydrogen-bond acceptors (Lipinski definition) is 12. The number of nitrogens with zero attached hydrogens (tertiary/aromatic N) is 2. The van der Waals surface area contributed by atoms with Crippen molar-refractivity contribution in [3.63, 3.8) is 0 Å². The first-order valence-corrected chi connectivity index (χ1v) is 14.6. The summed E-state index contributed by atoms with van der Waals surface area (Å²) >= 11 is 0. The third kappa shape index (κ3) is 5.70. The molecule has 5 rings (SSSR count). The lowest BCUT2D eigenvalue weighted by Crippen LogP contribution is -2.50. The van der Waals surface area contributed by atoms with Gasteiger partial charge in [-0.05, 0) is 48.5 Å². The minimum atomic E-state index is -5.10. The lowest BCUT2D eigenvalue weighted by Gasteiger charge is -2.35. The van der Waals surface area contributed by atoms with Gasteiger partial charge < -0.3 is 14.7 Å². The highest BCUT2D eigenvalue weighted by Gasteiger charge is 2.76. The van der Waals surface area contributed by atoms with E-state index in [-0.39, 0.29) is 5.06 Å². The molecule has 0 bridgehead atoms. The molecule has 2 heterocycles. The van der Waals surface area contributed by atoms with E-state index in [9.17, 15) is 62.8 Å². The second-order valence-corrected chi connectivity index (χ2v) is 12.6. The molecule has 0 N–H and O–H groups in total. The maximum Gasteiger partial charge on any atom is 0.573 e. The van der Waals surface area contributed by atoms with E-state index < -0.39 is 107 Å². The lowest BCUT2D eigenvalue weighted by molar-refractivity contribution is -0.970. The molecule has 3 amide bonds. The Morgan fingerprint density at radius 3 is 1.59 bits per heavy atom. The van der Waals surface area contributed by atoms with Gasteiger partial charge in [0.15, 0.2) is 0 Å². The zero-order valence-electron chi connectivity index (χ0n) is 21.0. The fraction of sp³-hybridized carbons (Fsp3) is 0.318. The van der Waals surface area contributed by atoms with Crippen LogP contribution < -0.4 is 9.47 Å².